The predicted octanol–water partition coefficient (Wildman–Crippen LogP) is 3.12. The summed E-state index contributed by atoms with van der Waals surface area (Å²) in [4.78, 5) is 1.41. The van der Waals surface area contributed by atoms with Crippen LogP contribution in [0.1, 0.15) is 18.4 Å². The molecule has 1 heterocycles. The first-order valence-corrected chi connectivity index (χ1v) is 5.68. The van der Waals surface area contributed by atoms with Crippen LogP contribution in [-0.2, 0) is 6.42 Å². The number of hydrogen-bond acceptors (Lipinski definition) is 2. The molecule has 0 N–H and O–H groups in total. The van der Waals surface area contributed by atoms with Crippen molar-refractivity contribution in [3.63, 3.8) is 0 Å². The third kappa shape index (κ3) is 1.99. The smallest absolute Gasteiger partial charge is 0.119 e. The number of methoxy groups -OCH3 is 1. The normalized spacial score (nSPS) is 16.1. The van der Waals surface area contributed by atoms with Gasteiger partial charge in [-0.2, -0.15) is 0 Å². The fourth-order valence-electron chi connectivity index (χ4n) is 1.60. The van der Waals surface area contributed by atoms with Crippen LogP contribution in [0.25, 0.3) is 0 Å². The second-order valence-corrected chi connectivity index (χ2v) is 4.42. The monoisotopic (exact) mass is 194 g/mol. The Morgan fingerprint density at radius 1 is 1.31 bits per heavy atom. The standard InChI is InChI=1S/C11H14OS/c1-12-10-6-5-9-4-2-3-7-13-11(9)8-10/h5-6,8H,2-4,7H2,1H3. The van der Waals surface area contributed by atoms with Gasteiger partial charge in [0, 0.05) is 4.90 Å². The second kappa shape index (κ2) is 4.05. The molecule has 1 aromatic carbocycles. The molecule has 1 nitrogen and oxygen atoms in total. The van der Waals surface area contributed by atoms with Crippen molar-refractivity contribution in [2.24, 2.45) is 0 Å². The molecule has 0 saturated heterocycles. The molecule has 0 aromatic heterocycles. The van der Waals surface area contributed by atoms with Crippen LogP contribution in [0, 0.1) is 0 Å². The quantitative estimate of drug-likeness (QED) is 0.679. The van der Waals surface area contributed by atoms with Crippen molar-refractivity contribution in [2.45, 2.75) is 24.2 Å². The Kier molecular flexibility index (Phi) is 2.79. The van der Waals surface area contributed by atoms with E-state index in [-0.39, 0.29) is 0 Å². The van der Waals surface area contributed by atoms with Gasteiger partial charge in [0.25, 0.3) is 0 Å². The van der Waals surface area contributed by atoms with Crippen LogP contribution in [0.3, 0.4) is 0 Å². The number of rotatable bonds is 1. The summed E-state index contributed by atoms with van der Waals surface area (Å²) in [6, 6.07) is 6.42. The maximum Gasteiger partial charge on any atom is 0.119 e. The van der Waals surface area contributed by atoms with Crippen molar-refractivity contribution in [3.05, 3.63) is 23.8 Å². The largest absolute Gasteiger partial charge is 0.497 e. The predicted molar refractivity (Wildman–Crippen MR) is 56.7 cm³/mol. The molecule has 0 aliphatic carbocycles. The van der Waals surface area contributed by atoms with E-state index in [1.54, 1.807) is 7.11 Å². The zero-order valence-electron chi connectivity index (χ0n) is 7.88. The first kappa shape index (κ1) is 8.95. The molecule has 0 spiro atoms. The molecule has 1 aliphatic rings. The SMILES string of the molecule is COc1ccc2c(c1)SCCCC2. The molecule has 0 saturated carbocycles. The first-order valence-electron chi connectivity index (χ1n) is 4.70. The molecule has 2 heteroatoms. The van der Waals surface area contributed by atoms with Gasteiger partial charge in [0.05, 0.1) is 7.11 Å². The van der Waals surface area contributed by atoms with Crippen LogP contribution >= 0.6 is 11.8 Å². The third-order valence-corrected chi connectivity index (χ3v) is 3.56. The maximum absolute atomic E-state index is 5.21. The van der Waals surface area contributed by atoms with E-state index in [9.17, 15) is 0 Å². The zero-order chi connectivity index (χ0) is 9.10. The van der Waals surface area contributed by atoms with Crippen molar-refractivity contribution in [2.75, 3.05) is 12.9 Å². The Morgan fingerprint density at radius 3 is 3.08 bits per heavy atom. The lowest BCUT2D eigenvalue weighted by atomic mass is 10.1. The molecule has 0 fully saturated rings. The van der Waals surface area contributed by atoms with E-state index in [0.29, 0.717) is 0 Å². The number of aryl methyl sites for hydroxylation is 1. The van der Waals surface area contributed by atoms with Gasteiger partial charge >= 0.3 is 0 Å². The van der Waals surface area contributed by atoms with Gasteiger partial charge < -0.3 is 4.74 Å². The van der Waals surface area contributed by atoms with Crippen molar-refractivity contribution >= 4 is 11.8 Å². The van der Waals surface area contributed by atoms with Crippen LogP contribution in [0.5, 0.6) is 5.75 Å². The minimum Gasteiger partial charge on any atom is -0.497 e. The average molecular weight is 194 g/mol. The van der Waals surface area contributed by atoms with Crippen LogP contribution < -0.4 is 4.74 Å². The van der Waals surface area contributed by atoms with E-state index in [0.717, 1.165) is 5.75 Å². The zero-order valence-corrected chi connectivity index (χ0v) is 8.69. The summed E-state index contributed by atoms with van der Waals surface area (Å²) >= 11 is 1.96. The Bertz CT molecular complexity index is 296. The van der Waals surface area contributed by atoms with Crippen LogP contribution in [0.15, 0.2) is 23.1 Å². The lowest BCUT2D eigenvalue weighted by molar-refractivity contribution is 0.413. The molecule has 1 aliphatic heterocycles. The number of thioether (sulfide) groups is 1. The molecule has 0 atom stereocenters. The minimum absolute atomic E-state index is 0.980. The van der Waals surface area contributed by atoms with Gasteiger partial charge in [0.15, 0.2) is 0 Å². The summed E-state index contributed by atoms with van der Waals surface area (Å²) in [6.07, 6.45) is 3.89. The van der Waals surface area contributed by atoms with Crippen LogP contribution in [0.2, 0.25) is 0 Å². The summed E-state index contributed by atoms with van der Waals surface area (Å²) in [5.41, 5.74) is 1.49. The maximum atomic E-state index is 5.21. The van der Waals surface area contributed by atoms with E-state index in [1.807, 2.05) is 11.8 Å². The molecule has 0 amide bonds. The molecule has 70 valence electrons. The second-order valence-electron chi connectivity index (χ2n) is 3.28. The van der Waals surface area contributed by atoms with E-state index >= 15 is 0 Å². The number of ether oxygens (including phenoxy) is 1. The lowest BCUT2D eigenvalue weighted by Crippen LogP contribution is -1.88. The summed E-state index contributed by atoms with van der Waals surface area (Å²) in [6.45, 7) is 0. The van der Waals surface area contributed by atoms with Gasteiger partial charge in [-0.1, -0.05) is 6.07 Å². The van der Waals surface area contributed by atoms with E-state index < -0.39 is 0 Å². The molecule has 0 unspecified atom stereocenters. The highest BCUT2D eigenvalue weighted by molar-refractivity contribution is 7.99. The number of fused-ring (bicyclic) bond motifs is 1. The highest BCUT2D eigenvalue weighted by Gasteiger charge is 2.08. The molecule has 13 heavy (non-hydrogen) atoms. The van der Waals surface area contributed by atoms with Crippen molar-refractivity contribution < 1.29 is 4.74 Å². The molecule has 1 aromatic rings. The molecule has 0 bridgehead atoms. The molecule has 2 rings (SSSR count). The van der Waals surface area contributed by atoms with E-state index in [2.05, 4.69) is 18.2 Å². The van der Waals surface area contributed by atoms with Gasteiger partial charge in [-0.05, 0) is 42.7 Å². The van der Waals surface area contributed by atoms with Gasteiger partial charge in [0.1, 0.15) is 5.75 Å². The number of hydrogen-bond donors (Lipinski definition) is 0. The Balaban J connectivity index is 2.32. The Labute approximate surface area is 83.5 Å². The number of benzene rings is 1. The van der Waals surface area contributed by atoms with Gasteiger partial charge in [-0.3, -0.25) is 0 Å². The Hall–Kier alpha value is -0.630. The van der Waals surface area contributed by atoms with Crippen molar-refractivity contribution in [3.8, 4) is 5.75 Å². The van der Waals surface area contributed by atoms with E-state index in [1.165, 1.54) is 35.5 Å². The Morgan fingerprint density at radius 2 is 2.23 bits per heavy atom. The molecular weight excluding hydrogens is 180 g/mol. The summed E-state index contributed by atoms with van der Waals surface area (Å²) < 4.78 is 5.21. The molecular formula is C11H14OS. The van der Waals surface area contributed by atoms with Crippen LogP contribution in [0.4, 0.5) is 0 Å². The summed E-state index contributed by atoms with van der Waals surface area (Å²) in [5, 5.41) is 0. The fourth-order valence-corrected chi connectivity index (χ4v) is 2.73. The van der Waals surface area contributed by atoms with Gasteiger partial charge in [-0.25, -0.2) is 0 Å². The topological polar surface area (TPSA) is 9.23 Å². The fraction of sp³-hybridized carbons (Fsp3) is 0.455. The average Bonchev–Trinajstić information content (AvgIpc) is 2.41. The van der Waals surface area contributed by atoms with Gasteiger partial charge in [-0.15, -0.1) is 11.8 Å². The summed E-state index contributed by atoms with van der Waals surface area (Å²) in [7, 11) is 1.73. The van der Waals surface area contributed by atoms with Gasteiger partial charge in [0.2, 0.25) is 0 Å². The van der Waals surface area contributed by atoms with Crippen LogP contribution in [-0.4, -0.2) is 12.9 Å². The highest BCUT2D eigenvalue weighted by atomic mass is 32.2. The van der Waals surface area contributed by atoms with Crippen molar-refractivity contribution in [1.29, 1.82) is 0 Å². The van der Waals surface area contributed by atoms with Crippen molar-refractivity contribution in [1.82, 2.24) is 0 Å². The molecule has 0 radical (unpaired) electrons. The highest BCUT2D eigenvalue weighted by Crippen LogP contribution is 2.31. The minimum atomic E-state index is 0.980. The summed E-state index contributed by atoms with van der Waals surface area (Å²) in [5.74, 6) is 2.23. The van der Waals surface area contributed by atoms with E-state index in [4.69, 9.17) is 4.74 Å². The lowest BCUT2D eigenvalue weighted by Gasteiger charge is -2.06. The third-order valence-electron chi connectivity index (χ3n) is 2.37. The first-order chi connectivity index (χ1) is 6.40.